The van der Waals surface area contributed by atoms with Crippen LogP contribution in [0.25, 0.3) is 0 Å². The van der Waals surface area contributed by atoms with Gasteiger partial charge < -0.3 is 20.5 Å². The van der Waals surface area contributed by atoms with E-state index in [0.717, 1.165) is 5.56 Å². The van der Waals surface area contributed by atoms with E-state index in [4.69, 9.17) is 9.84 Å². The average molecular weight is 402 g/mol. The average Bonchev–Trinajstić information content (AvgIpc) is 2.71. The fourth-order valence-electron chi connectivity index (χ4n) is 3.16. The van der Waals surface area contributed by atoms with E-state index >= 15 is 0 Å². The van der Waals surface area contributed by atoms with E-state index in [0.29, 0.717) is 19.3 Å². The lowest BCUT2D eigenvalue weighted by Gasteiger charge is -2.19. The molecule has 7 heteroatoms. The van der Waals surface area contributed by atoms with Gasteiger partial charge in [-0.3, -0.25) is 14.4 Å². The molecule has 2 rings (SSSR count). The largest absolute Gasteiger partial charge is 0.464 e. The quantitative estimate of drug-likeness (QED) is 0.492. The number of carbonyl (C=O) groups is 3. The first-order valence-electron chi connectivity index (χ1n) is 10.0. The van der Waals surface area contributed by atoms with Crippen molar-refractivity contribution in [3.63, 3.8) is 0 Å². The van der Waals surface area contributed by atoms with E-state index in [-0.39, 0.29) is 55.9 Å². The van der Waals surface area contributed by atoms with Crippen LogP contribution in [0.15, 0.2) is 42.5 Å². The van der Waals surface area contributed by atoms with Gasteiger partial charge in [-0.1, -0.05) is 42.5 Å². The van der Waals surface area contributed by atoms with Crippen LogP contribution < -0.4 is 10.6 Å². The summed E-state index contributed by atoms with van der Waals surface area (Å²) < 4.78 is 5.34. The first kappa shape index (κ1) is 22.6. The van der Waals surface area contributed by atoms with Gasteiger partial charge in [-0.2, -0.15) is 0 Å². The Balaban J connectivity index is 2.02. The third-order valence-electron chi connectivity index (χ3n) is 4.80. The summed E-state index contributed by atoms with van der Waals surface area (Å²) >= 11 is 0. The summed E-state index contributed by atoms with van der Waals surface area (Å²) in [5.41, 5.74) is 1.07. The van der Waals surface area contributed by atoms with Crippen molar-refractivity contribution < 1.29 is 24.2 Å². The van der Waals surface area contributed by atoms with Gasteiger partial charge in [-0.05, 0) is 31.7 Å². The second-order valence-corrected chi connectivity index (χ2v) is 7.34. The Kier molecular flexibility index (Phi) is 9.37. The van der Waals surface area contributed by atoms with Crippen molar-refractivity contribution in [2.75, 3.05) is 19.8 Å². The maximum atomic E-state index is 12.4. The predicted molar refractivity (Wildman–Crippen MR) is 109 cm³/mol. The van der Waals surface area contributed by atoms with Gasteiger partial charge in [0.2, 0.25) is 11.8 Å². The summed E-state index contributed by atoms with van der Waals surface area (Å²) in [6.45, 7) is 1.84. The topological polar surface area (TPSA) is 105 Å². The van der Waals surface area contributed by atoms with Crippen molar-refractivity contribution in [3.8, 4) is 0 Å². The molecule has 0 aromatic heterocycles. The number of hydrogen-bond acceptors (Lipinski definition) is 5. The molecule has 0 saturated carbocycles. The minimum Gasteiger partial charge on any atom is -0.464 e. The summed E-state index contributed by atoms with van der Waals surface area (Å²) in [5, 5.41) is 14.4. The molecule has 1 aliphatic rings. The standard InChI is InChI=1S/C22H30N2O5/c1-16(15-25)24-20(26)14-18-9-5-6-10-19(13-17-7-3-2-4-8-17)22(28)29-12-11-23-21(18)27/h2-8,16,18-19,25H,9-15H2,1H3,(H,23,27)(H,24,26). The van der Waals surface area contributed by atoms with E-state index in [1.54, 1.807) is 6.92 Å². The first-order chi connectivity index (χ1) is 14.0. The van der Waals surface area contributed by atoms with E-state index in [2.05, 4.69) is 10.6 Å². The van der Waals surface area contributed by atoms with Gasteiger partial charge in [0, 0.05) is 12.5 Å². The third-order valence-corrected chi connectivity index (χ3v) is 4.80. The van der Waals surface area contributed by atoms with Gasteiger partial charge in [0.15, 0.2) is 0 Å². The van der Waals surface area contributed by atoms with Crippen LogP contribution in [0, 0.1) is 11.8 Å². The molecule has 0 aliphatic carbocycles. The van der Waals surface area contributed by atoms with Crippen LogP contribution >= 0.6 is 0 Å². The maximum absolute atomic E-state index is 12.4. The minimum atomic E-state index is -0.514. The van der Waals surface area contributed by atoms with Gasteiger partial charge in [0.25, 0.3) is 0 Å². The Hall–Kier alpha value is -2.67. The molecule has 1 aromatic rings. The zero-order chi connectivity index (χ0) is 21.1. The Morgan fingerprint density at radius 1 is 1.21 bits per heavy atom. The lowest BCUT2D eigenvalue weighted by Crippen LogP contribution is -2.40. The molecule has 29 heavy (non-hydrogen) atoms. The van der Waals surface area contributed by atoms with Gasteiger partial charge in [0.1, 0.15) is 6.61 Å². The molecular weight excluding hydrogens is 372 g/mol. The van der Waals surface area contributed by atoms with Crippen LogP contribution in [-0.2, 0) is 25.5 Å². The van der Waals surface area contributed by atoms with Crippen LogP contribution in [0.4, 0.5) is 0 Å². The van der Waals surface area contributed by atoms with Crippen molar-refractivity contribution in [2.24, 2.45) is 11.8 Å². The number of aliphatic hydroxyl groups excluding tert-OH is 1. The SMILES string of the molecule is CC(CO)NC(=O)CC1CC=CCC(Cc2ccccc2)C(=O)OCCNC1=O. The molecule has 7 nitrogen and oxygen atoms in total. The van der Waals surface area contributed by atoms with Crippen LogP contribution in [0.3, 0.4) is 0 Å². The maximum Gasteiger partial charge on any atom is 0.309 e. The number of esters is 1. The smallest absolute Gasteiger partial charge is 0.309 e. The number of allylic oxidation sites excluding steroid dienone is 2. The molecule has 0 fully saturated rings. The monoisotopic (exact) mass is 402 g/mol. The highest BCUT2D eigenvalue weighted by molar-refractivity contribution is 5.86. The van der Waals surface area contributed by atoms with Crippen LogP contribution in [-0.4, -0.2) is 48.7 Å². The third kappa shape index (κ3) is 8.07. The molecule has 1 aromatic carbocycles. The predicted octanol–water partition coefficient (Wildman–Crippen LogP) is 1.36. The van der Waals surface area contributed by atoms with Crippen molar-refractivity contribution in [1.82, 2.24) is 10.6 Å². The number of amides is 2. The van der Waals surface area contributed by atoms with E-state index < -0.39 is 5.92 Å². The molecule has 1 aliphatic heterocycles. The molecule has 0 radical (unpaired) electrons. The van der Waals surface area contributed by atoms with Crippen LogP contribution in [0.1, 0.15) is 31.7 Å². The number of carbonyl (C=O) groups excluding carboxylic acids is 3. The Morgan fingerprint density at radius 3 is 2.59 bits per heavy atom. The number of ether oxygens (including phenoxy) is 1. The number of benzene rings is 1. The molecule has 0 spiro atoms. The lowest BCUT2D eigenvalue weighted by atomic mass is 9.94. The zero-order valence-corrected chi connectivity index (χ0v) is 16.8. The number of hydrogen-bond donors (Lipinski definition) is 3. The molecule has 0 bridgehead atoms. The fourth-order valence-corrected chi connectivity index (χ4v) is 3.16. The van der Waals surface area contributed by atoms with Crippen molar-refractivity contribution in [2.45, 2.75) is 38.6 Å². The Morgan fingerprint density at radius 2 is 1.90 bits per heavy atom. The fraction of sp³-hybridized carbons (Fsp3) is 0.500. The number of cyclic esters (lactones) is 1. The summed E-state index contributed by atoms with van der Waals surface area (Å²) in [7, 11) is 0. The number of aliphatic hydroxyl groups is 1. The highest BCUT2D eigenvalue weighted by Gasteiger charge is 2.23. The van der Waals surface area contributed by atoms with Crippen LogP contribution in [0.5, 0.6) is 0 Å². The summed E-state index contributed by atoms with van der Waals surface area (Å²) in [6, 6.07) is 9.42. The molecule has 3 atom stereocenters. The molecule has 2 amide bonds. The molecule has 158 valence electrons. The molecule has 0 saturated heterocycles. The molecule has 1 heterocycles. The summed E-state index contributed by atoms with van der Waals surface area (Å²) in [4.78, 5) is 36.9. The Labute approximate surface area is 171 Å². The molecule has 3 N–H and O–H groups in total. The highest BCUT2D eigenvalue weighted by Crippen LogP contribution is 2.17. The summed E-state index contributed by atoms with van der Waals surface area (Å²) in [5.74, 6) is -1.61. The summed E-state index contributed by atoms with van der Waals surface area (Å²) in [6.07, 6.45) is 5.26. The second-order valence-electron chi connectivity index (χ2n) is 7.34. The van der Waals surface area contributed by atoms with Gasteiger partial charge in [0.05, 0.1) is 25.0 Å². The van der Waals surface area contributed by atoms with Crippen molar-refractivity contribution in [3.05, 3.63) is 48.0 Å². The highest BCUT2D eigenvalue weighted by atomic mass is 16.5. The van der Waals surface area contributed by atoms with Crippen LogP contribution in [0.2, 0.25) is 0 Å². The number of rotatable bonds is 6. The molecule has 3 unspecified atom stereocenters. The van der Waals surface area contributed by atoms with Gasteiger partial charge in [-0.15, -0.1) is 0 Å². The molecular formula is C22H30N2O5. The zero-order valence-electron chi connectivity index (χ0n) is 16.8. The lowest BCUT2D eigenvalue weighted by molar-refractivity contribution is -0.148. The normalized spacial score (nSPS) is 21.9. The van der Waals surface area contributed by atoms with E-state index in [9.17, 15) is 14.4 Å². The van der Waals surface area contributed by atoms with Gasteiger partial charge in [-0.25, -0.2) is 0 Å². The Bertz CT molecular complexity index is 704. The van der Waals surface area contributed by atoms with Crippen molar-refractivity contribution in [1.29, 1.82) is 0 Å². The van der Waals surface area contributed by atoms with Gasteiger partial charge >= 0.3 is 5.97 Å². The second kappa shape index (κ2) is 12.0. The van der Waals surface area contributed by atoms with Crippen molar-refractivity contribution >= 4 is 17.8 Å². The van der Waals surface area contributed by atoms with E-state index in [1.807, 2.05) is 42.5 Å². The number of nitrogens with one attached hydrogen (secondary N) is 2. The minimum absolute atomic E-state index is 0.0355. The first-order valence-corrected chi connectivity index (χ1v) is 10.0. The van der Waals surface area contributed by atoms with E-state index in [1.165, 1.54) is 0 Å².